The first kappa shape index (κ1) is 27.2. The summed E-state index contributed by atoms with van der Waals surface area (Å²) in [5.41, 5.74) is 0. The van der Waals surface area contributed by atoms with Crippen molar-refractivity contribution in [2.75, 3.05) is 6.61 Å². The molecular weight excluding hydrogens is 419 g/mol. The SMILES string of the molecule is O=C([O-])CCC/C=C/C[C@@H]1[C@@H](C=C[C@@H](O)COc2cccc(Cl)c2)[C@H](O)C[C@@H]1O.[Na+]. The van der Waals surface area contributed by atoms with E-state index in [-0.39, 0.29) is 60.8 Å². The number of aliphatic hydroxyl groups is 3. The molecule has 5 atom stereocenters. The largest absolute Gasteiger partial charge is 1.00 e. The molecule has 0 spiro atoms. The van der Waals surface area contributed by atoms with Gasteiger partial charge in [0, 0.05) is 23.3 Å². The maximum atomic E-state index is 10.4. The standard InChI is InChI=1S/C22H29ClO6.Na/c23-15-6-5-7-17(12-15)29-14-16(24)10-11-19-18(20(25)13-21(19)26)8-3-1-2-4-9-22(27)28;/h1,3,5-7,10-12,16,18-21,24-26H,2,4,8-9,13-14H2,(H,27,28);/q;+1/p-1/b3-1+,11-10?;/t16-,18-,19-,20+,21-;/m1./s1. The summed E-state index contributed by atoms with van der Waals surface area (Å²) < 4.78 is 5.50. The smallest absolute Gasteiger partial charge is 0.550 e. The van der Waals surface area contributed by atoms with E-state index in [1.807, 2.05) is 12.2 Å². The van der Waals surface area contributed by atoms with Crippen LogP contribution in [0.1, 0.15) is 32.1 Å². The van der Waals surface area contributed by atoms with E-state index in [9.17, 15) is 25.2 Å². The van der Waals surface area contributed by atoms with E-state index in [0.717, 1.165) is 0 Å². The second-order valence-corrected chi connectivity index (χ2v) is 7.74. The number of unbranched alkanes of at least 4 members (excludes halogenated alkanes) is 1. The first-order valence-electron chi connectivity index (χ1n) is 9.82. The van der Waals surface area contributed by atoms with Crippen molar-refractivity contribution in [3.63, 3.8) is 0 Å². The number of allylic oxidation sites excluding steroid dienone is 2. The quantitative estimate of drug-likeness (QED) is 0.225. The summed E-state index contributed by atoms with van der Waals surface area (Å²) in [6.45, 7) is 0.0468. The van der Waals surface area contributed by atoms with Crippen molar-refractivity contribution < 1.29 is 59.5 Å². The van der Waals surface area contributed by atoms with E-state index >= 15 is 0 Å². The van der Waals surface area contributed by atoms with Crippen LogP contribution in [0, 0.1) is 11.8 Å². The first-order valence-corrected chi connectivity index (χ1v) is 10.2. The number of hydrogen-bond donors (Lipinski definition) is 3. The van der Waals surface area contributed by atoms with Gasteiger partial charge in [0.05, 0.1) is 12.2 Å². The molecule has 160 valence electrons. The monoisotopic (exact) mass is 446 g/mol. The Kier molecular flexibility index (Phi) is 12.9. The number of halogens is 1. The molecule has 0 amide bonds. The number of benzene rings is 1. The fraction of sp³-hybridized carbons (Fsp3) is 0.500. The Morgan fingerprint density at radius 1 is 1.30 bits per heavy atom. The number of rotatable bonds is 11. The van der Waals surface area contributed by atoms with Gasteiger partial charge in [-0.3, -0.25) is 0 Å². The van der Waals surface area contributed by atoms with Crippen molar-refractivity contribution in [3.8, 4) is 5.75 Å². The molecule has 0 bridgehead atoms. The summed E-state index contributed by atoms with van der Waals surface area (Å²) in [4.78, 5) is 10.4. The van der Waals surface area contributed by atoms with Gasteiger partial charge in [-0.15, -0.1) is 0 Å². The van der Waals surface area contributed by atoms with Gasteiger partial charge in [-0.25, -0.2) is 0 Å². The van der Waals surface area contributed by atoms with Gasteiger partial charge >= 0.3 is 29.6 Å². The molecule has 1 aromatic rings. The van der Waals surface area contributed by atoms with Crippen molar-refractivity contribution in [3.05, 3.63) is 53.6 Å². The third-order valence-corrected chi connectivity index (χ3v) is 5.25. The number of aliphatic carboxylic acids is 1. The number of carboxylic acid groups (broad SMARTS) is 1. The molecule has 30 heavy (non-hydrogen) atoms. The molecule has 6 nitrogen and oxygen atoms in total. The van der Waals surface area contributed by atoms with Crippen LogP contribution in [-0.2, 0) is 4.79 Å². The minimum atomic E-state index is -1.06. The van der Waals surface area contributed by atoms with Gasteiger partial charge in [-0.2, -0.15) is 0 Å². The van der Waals surface area contributed by atoms with Crippen LogP contribution in [0.3, 0.4) is 0 Å². The molecule has 0 heterocycles. The second kappa shape index (κ2) is 14.2. The van der Waals surface area contributed by atoms with Crippen molar-refractivity contribution in [1.82, 2.24) is 0 Å². The molecule has 8 heteroatoms. The molecule has 2 rings (SSSR count). The van der Waals surface area contributed by atoms with Crippen LogP contribution in [0.15, 0.2) is 48.6 Å². The maximum absolute atomic E-state index is 10.4. The Morgan fingerprint density at radius 2 is 2.07 bits per heavy atom. The molecule has 0 saturated heterocycles. The predicted molar refractivity (Wildman–Crippen MR) is 108 cm³/mol. The van der Waals surface area contributed by atoms with Gasteiger partial charge < -0.3 is 30.0 Å². The molecule has 0 aliphatic heterocycles. The summed E-state index contributed by atoms with van der Waals surface area (Å²) in [5.74, 6) is -0.947. The fourth-order valence-corrected chi connectivity index (χ4v) is 3.67. The molecule has 1 fully saturated rings. The summed E-state index contributed by atoms with van der Waals surface area (Å²) >= 11 is 5.89. The van der Waals surface area contributed by atoms with Crippen LogP contribution in [0.4, 0.5) is 0 Å². The summed E-state index contributed by atoms with van der Waals surface area (Å²) in [5, 5.41) is 41.6. The zero-order valence-corrected chi connectivity index (χ0v) is 19.9. The maximum Gasteiger partial charge on any atom is 1.00 e. The number of hydrogen-bond acceptors (Lipinski definition) is 6. The number of carboxylic acids is 1. The van der Waals surface area contributed by atoms with Gasteiger partial charge in [0.25, 0.3) is 0 Å². The number of carbonyl (C=O) groups is 1. The number of aliphatic hydroxyl groups excluding tert-OH is 3. The molecule has 0 aromatic heterocycles. The van der Waals surface area contributed by atoms with E-state index in [2.05, 4.69) is 0 Å². The molecule has 1 saturated carbocycles. The summed E-state index contributed by atoms with van der Waals surface area (Å²) in [6.07, 6.45) is 6.93. The average molecular weight is 447 g/mol. The third kappa shape index (κ3) is 9.52. The minimum Gasteiger partial charge on any atom is -0.550 e. The van der Waals surface area contributed by atoms with Crippen molar-refractivity contribution in [1.29, 1.82) is 0 Å². The molecule has 3 N–H and O–H groups in total. The Hall–Kier alpha value is -0.860. The third-order valence-electron chi connectivity index (χ3n) is 5.01. The van der Waals surface area contributed by atoms with E-state index < -0.39 is 24.3 Å². The second-order valence-electron chi connectivity index (χ2n) is 7.30. The van der Waals surface area contributed by atoms with Crippen LogP contribution < -0.4 is 39.4 Å². The molecule has 1 aromatic carbocycles. The van der Waals surface area contributed by atoms with Crippen molar-refractivity contribution >= 4 is 17.6 Å². The Bertz CT molecular complexity index is 711. The van der Waals surface area contributed by atoms with Gasteiger partial charge in [-0.05, 0) is 49.8 Å². The van der Waals surface area contributed by atoms with Crippen LogP contribution in [-0.4, -0.2) is 46.2 Å². The van der Waals surface area contributed by atoms with Crippen LogP contribution in [0.2, 0.25) is 5.02 Å². The molecule has 1 aliphatic carbocycles. The van der Waals surface area contributed by atoms with E-state index in [0.29, 0.717) is 30.0 Å². The number of carbonyl (C=O) groups excluding carboxylic acids is 1. The van der Waals surface area contributed by atoms with Gasteiger partial charge in [0.2, 0.25) is 0 Å². The molecule has 1 aliphatic rings. The van der Waals surface area contributed by atoms with Gasteiger partial charge in [0.1, 0.15) is 18.5 Å². The van der Waals surface area contributed by atoms with Crippen LogP contribution >= 0.6 is 11.6 Å². The average Bonchev–Trinajstić information content (AvgIpc) is 2.93. The van der Waals surface area contributed by atoms with E-state index in [1.54, 1.807) is 36.4 Å². The zero-order valence-electron chi connectivity index (χ0n) is 17.2. The van der Waals surface area contributed by atoms with Crippen LogP contribution in [0.5, 0.6) is 5.75 Å². The Morgan fingerprint density at radius 3 is 2.77 bits per heavy atom. The molecular formula is C22H28ClNaO6. The molecule has 0 unspecified atom stereocenters. The van der Waals surface area contributed by atoms with Crippen molar-refractivity contribution in [2.24, 2.45) is 11.8 Å². The van der Waals surface area contributed by atoms with E-state index in [1.165, 1.54) is 0 Å². The number of ether oxygens (including phenoxy) is 1. The zero-order chi connectivity index (χ0) is 21.2. The Labute approximate surface area is 204 Å². The minimum absolute atomic E-state index is 0. The van der Waals surface area contributed by atoms with Crippen LogP contribution in [0.25, 0.3) is 0 Å². The van der Waals surface area contributed by atoms with Gasteiger partial charge in [0.15, 0.2) is 0 Å². The fourth-order valence-electron chi connectivity index (χ4n) is 3.49. The Balaban J connectivity index is 0.00000450. The predicted octanol–water partition coefficient (Wildman–Crippen LogP) is -1.14. The van der Waals surface area contributed by atoms with Crippen molar-refractivity contribution in [2.45, 2.75) is 50.4 Å². The first-order chi connectivity index (χ1) is 13.9. The summed E-state index contributed by atoms with van der Waals surface area (Å²) in [6, 6.07) is 6.89. The normalized spacial score (nSPS) is 24.8. The molecule has 0 radical (unpaired) electrons. The van der Waals surface area contributed by atoms with Gasteiger partial charge in [-0.1, -0.05) is 42.0 Å². The topological polar surface area (TPSA) is 110 Å². The van der Waals surface area contributed by atoms with E-state index in [4.69, 9.17) is 16.3 Å². The summed E-state index contributed by atoms with van der Waals surface area (Å²) in [7, 11) is 0.